The van der Waals surface area contributed by atoms with Gasteiger partial charge in [-0.15, -0.1) is 0 Å². The first-order valence-corrected chi connectivity index (χ1v) is 4.39. The third kappa shape index (κ3) is 1.32. The summed E-state index contributed by atoms with van der Waals surface area (Å²) in [6.45, 7) is 0. The molecule has 2 bridgehead atoms. The van der Waals surface area contributed by atoms with Gasteiger partial charge in [-0.2, -0.15) is 0 Å². The summed E-state index contributed by atoms with van der Waals surface area (Å²) in [5, 5.41) is 8.40. The predicted molar refractivity (Wildman–Crippen MR) is 40.5 cm³/mol. The Morgan fingerprint density at radius 3 is 2.92 bits per heavy atom. The number of hydroxylamine groups is 1. The number of fused-ring (bicyclic) bond motifs is 2. The average molecular weight is 171 g/mol. The Morgan fingerprint density at radius 1 is 1.42 bits per heavy atom. The van der Waals surface area contributed by atoms with Crippen molar-refractivity contribution in [2.45, 2.75) is 37.9 Å². The highest BCUT2D eigenvalue weighted by molar-refractivity contribution is 5.79. The maximum Gasteiger partial charge on any atom is 0.272 e. The second kappa shape index (κ2) is 3.03. The van der Waals surface area contributed by atoms with Gasteiger partial charge in [0, 0.05) is 0 Å². The first-order chi connectivity index (χ1) is 5.79. The van der Waals surface area contributed by atoms with Gasteiger partial charge in [0.2, 0.25) is 0 Å². The van der Waals surface area contributed by atoms with E-state index in [-0.39, 0.29) is 6.10 Å². The fourth-order valence-corrected chi connectivity index (χ4v) is 2.20. The molecule has 3 unspecified atom stereocenters. The zero-order valence-electron chi connectivity index (χ0n) is 6.82. The lowest BCUT2D eigenvalue weighted by molar-refractivity contribution is -0.149. The number of nitrogens with one attached hydrogen (secondary N) is 1. The van der Waals surface area contributed by atoms with E-state index >= 15 is 0 Å². The lowest BCUT2D eigenvalue weighted by Gasteiger charge is -2.26. The van der Waals surface area contributed by atoms with Crippen molar-refractivity contribution < 1.29 is 14.7 Å². The SMILES string of the molecule is O=C(NO)C1CC2CCC(C2)O1. The van der Waals surface area contributed by atoms with Crippen LogP contribution in [0.4, 0.5) is 0 Å². The van der Waals surface area contributed by atoms with Crippen LogP contribution in [0.3, 0.4) is 0 Å². The van der Waals surface area contributed by atoms with Crippen LogP contribution in [-0.4, -0.2) is 23.3 Å². The number of ether oxygens (including phenoxy) is 1. The molecule has 1 aliphatic heterocycles. The van der Waals surface area contributed by atoms with Crippen molar-refractivity contribution in [3.63, 3.8) is 0 Å². The zero-order chi connectivity index (χ0) is 8.55. The Kier molecular flexibility index (Phi) is 2.02. The summed E-state index contributed by atoms with van der Waals surface area (Å²) in [7, 11) is 0. The molecule has 0 spiro atoms. The van der Waals surface area contributed by atoms with Crippen LogP contribution in [0.15, 0.2) is 0 Å². The van der Waals surface area contributed by atoms with Crippen molar-refractivity contribution in [3.8, 4) is 0 Å². The second-order valence-electron chi connectivity index (χ2n) is 3.64. The van der Waals surface area contributed by atoms with Gasteiger partial charge in [-0.05, 0) is 31.6 Å². The Balaban J connectivity index is 1.98. The number of hydrogen-bond donors (Lipinski definition) is 2. The largest absolute Gasteiger partial charge is 0.365 e. The number of amides is 1. The molecule has 0 aromatic rings. The molecule has 12 heavy (non-hydrogen) atoms. The molecule has 1 heterocycles. The van der Waals surface area contributed by atoms with Crippen molar-refractivity contribution in [1.29, 1.82) is 0 Å². The Morgan fingerprint density at radius 2 is 2.25 bits per heavy atom. The van der Waals surface area contributed by atoms with Gasteiger partial charge >= 0.3 is 0 Å². The van der Waals surface area contributed by atoms with Crippen molar-refractivity contribution in [3.05, 3.63) is 0 Å². The molecule has 1 saturated carbocycles. The molecule has 4 heteroatoms. The van der Waals surface area contributed by atoms with Crippen molar-refractivity contribution in [2.24, 2.45) is 5.92 Å². The molecule has 2 rings (SSSR count). The van der Waals surface area contributed by atoms with E-state index in [4.69, 9.17) is 9.94 Å². The molecular formula is C8H13NO3. The minimum Gasteiger partial charge on any atom is -0.365 e. The number of carbonyl (C=O) groups is 1. The average Bonchev–Trinajstić information content (AvgIpc) is 2.44. The van der Waals surface area contributed by atoms with Crippen LogP contribution in [0, 0.1) is 5.92 Å². The summed E-state index contributed by atoms with van der Waals surface area (Å²) >= 11 is 0. The van der Waals surface area contributed by atoms with Crippen LogP contribution in [0.2, 0.25) is 0 Å². The fourth-order valence-electron chi connectivity index (χ4n) is 2.20. The smallest absolute Gasteiger partial charge is 0.272 e. The molecule has 0 aromatic heterocycles. The Hall–Kier alpha value is -0.610. The molecule has 1 amide bonds. The molecule has 2 fully saturated rings. The van der Waals surface area contributed by atoms with Gasteiger partial charge in [-0.3, -0.25) is 10.0 Å². The third-order valence-corrected chi connectivity index (χ3v) is 2.80. The number of rotatable bonds is 1. The lowest BCUT2D eigenvalue weighted by atomic mass is 9.97. The first-order valence-electron chi connectivity index (χ1n) is 4.39. The molecule has 3 atom stereocenters. The summed E-state index contributed by atoms with van der Waals surface area (Å²) in [6.07, 6.45) is 3.94. The van der Waals surface area contributed by atoms with Crippen molar-refractivity contribution in [1.82, 2.24) is 5.48 Å². The highest BCUT2D eigenvalue weighted by Crippen LogP contribution is 2.37. The molecule has 2 aliphatic rings. The van der Waals surface area contributed by atoms with Crippen LogP contribution in [0.25, 0.3) is 0 Å². The van der Waals surface area contributed by atoms with E-state index in [1.165, 1.54) is 6.42 Å². The van der Waals surface area contributed by atoms with E-state index in [1.54, 1.807) is 5.48 Å². The van der Waals surface area contributed by atoms with Crippen LogP contribution in [-0.2, 0) is 9.53 Å². The maximum atomic E-state index is 11.0. The molecule has 68 valence electrons. The highest BCUT2D eigenvalue weighted by Gasteiger charge is 2.37. The van der Waals surface area contributed by atoms with E-state index in [0.717, 1.165) is 19.3 Å². The highest BCUT2D eigenvalue weighted by atomic mass is 16.5. The summed E-state index contributed by atoms with van der Waals surface area (Å²) in [5.41, 5.74) is 1.64. The van der Waals surface area contributed by atoms with Gasteiger partial charge < -0.3 is 4.74 Å². The lowest BCUT2D eigenvalue weighted by Crippen LogP contribution is -2.39. The van der Waals surface area contributed by atoms with Crippen molar-refractivity contribution >= 4 is 5.91 Å². The van der Waals surface area contributed by atoms with E-state index in [1.807, 2.05) is 0 Å². The Bertz CT molecular complexity index is 183. The van der Waals surface area contributed by atoms with Gasteiger partial charge in [0.05, 0.1) is 6.10 Å². The van der Waals surface area contributed by atoms with E-state index in [2.05, 4.69) is 0 Å². The van der Waals surface area contributed by atoms with Crippen molar-refractivity contribution in [2.75, 3.05) is 0 Å². The molecular weight excluding hydrogens is 158 g/mol. The van der Waals surface area contributed by atoms with E-state index < -0.39 is 12.0 Å². The minimum atomic E-state index is -0.416. The van der Waals surface area contributed by atoms with Gasteiger partial charge in [0.1, 0.15) is 6.10 Å². The predicted octanol–water partition coefficient (Wildman–Crippen LogP) is 0.449. The quantitative estimate of drug-likeness (QED) is 0.445. The molecule has 0 radical (unpaired) electrons. The van der Waals surface area contributed by atoms with Crippen LogP contribution in [0.1, 0.15) is 25.7 Å². The standard InChI is InChI=1S/C8H13NO3/c10-8(9-11)7-4-5-1-2-6(3-5)12-7/h5-7,11H,1-4H2,(H,9,10). The molecule has 0 aromatic carbocycles. The van der Waals surface area contributed by atoms with Gasteiger partial charge in [-0.25, -0.2) is 5.48 Å². The first kappa shape index (κ1) is 8.01. The fraction of sp³-hybridized carbons (Fsp3) is 0.875. The minimum absolute atomic E-state index is 0.256. The number of hydrogen-bond acceptors (Lipinski definition) is 3. The monoisotopic (exact) mass is 171 g/mol. The number of carbonyl (C=O) groups excluding carboxylic acids is 1. The van der Waals surface area contributed by atoms with Crippen LogP contribution in [0.5, 0.6) is 0 Å². The van der Waals surface area contributed by atoms with Crippen LogP contribution >= 0.6 is 0 Å². The van der Waals surface area contributed by atoms with Crippen LogP contribution < -0.4 is 5.48 Å². The topological polar surface area (TPSA) is 58.6 Å². The van der Waals surface area contributed by atoms with E-state index in [0.29, 0.717) is 5.92 Å². The van der Waals surface area contributed by atoms with Gasteiger partial charge in [0.25, 0.3) is 5.91 Å². The van der Waals surface area contributed by atoms with Gasteiger partial charge in [-0.1, -0.05) is 0 Å². The molecule has 1 aliphatic carbocycles. The third-order valence-electron chi connectivity index (χ3n) is 2.80. The zero-order valence-corrected chi connectivity index (χ0v) is 6.82. The second-order valence-corrected chi connectivity index (χ2v) is 3.64. The Labute approximate surface area is 70.9 Å². The van der Waals surface area contributed by atoms with Gasteiger partial charge in [0.15, 0.2) is 0 Å². The molecule has 2 N–H and O–H groups in total. The molecule has 1 saturated heterocycles. The summed E-state index contributed by atoms with van der Waals surface area (Å²) in [5.74, 6) is 0.234. The summed E-state index contributed by atoms with van der Waals surface area (Å²) < 4.78 is 5.46. The summed E-state index contributed by atoms with van der Waals surface area (Å²) in [6, 6.07) is 0. The van der Waals surface area contributed by atoms with E-state index in [9.17, 15) is 4.79 Å². The normalized spacial score (nSPS) is 39.6. The maximum absolute atomic E-state index is 11.0. The molecule has 4 nitrogen and oxygen atoms in total. The summed E-state index contributed by atoms with van der Waals surface area (Å²) in [4.78, 5) is 11.0.